The Morgan fingerprint density at radius 2 is 2.27 bits per heavy atom. The monoisotopic (exact) mass is 208 g/mol. The number of aromatic nitrogens is 2. The van der Waals surface area contributed by atoms with Crippen molar-refractivity contribution in [3.8, 4) is 0 Å². The number of hydrogen-bond donors (Lipinski definition) is 1. The SMILES string of the molecule is CC(C)n1nccc1CN1CC(CN)C1. The van der Waals surface area contributed by atoms with Crippen LogP contribution in [0.2, 0.25) is 0 Å². The van der Waals surface area contributed by atoms with E-state index in [1.54, 1.807) is 0 Å². The van der Waals surface area contributed by atoms with Crippen LogP contribution in [0.4, 0.5) is 0 Å². The molecule has 4 nitrogen and oxygen atoms in total. The van der Waals surface area contributed by atoms with E-state index in [0.717, 1.165) is 26.2 Å². The molecule has 0 amide bonds. The smallest absolute Gasteiger partial charge is 0.0527 e. The first kappa shape index (κ1) is 10.6. The number of rotatable bonds is 4. The summed E-state index contributed by atoms with van der Waals surface area (Å²) in [7, 11) is 0. The molecule has 1 fully saturated rings. The summed E-state index contributed by atoms with van der Waals surface area (Å²) in [5.74, 6) is 0.709. The van der Waals surface area contributed by atoms with Gasteiger partial charge in [0.1, 0.15) is 0 Å². The van der Waals surface area contributed by atoms with E-state index < -0.39 is 0 Å². The minimum Gasteiger partial charge on any atom is -0.330 e. The lowest BCUT2D eigenvalue weighted by atomic mass is 10.0. The molecule has 2 N–H and O–H groups in total. The van der Waals surface area contributed by atoms with Gasteiger partial charge in [-0.15, -0.1) is 0 Å². The Balaban J connectivity index is 1.91. The quantitative estimate of drug-likeness (QED) is 0.798. The van der Waals surface area contributed by atoms with Crippen LogP contribution in [-0.2, 0) is 6.54 Å². The van der Waals surface area contributed by atoms with Gasteiger partial charge in [0.05, 0.1) is 5.69 Å². The van der Waals surface area contributed by atoms with Gasteiger partial charge in [-0.3, -0.25) is 9.58 Å². The van der Waals surface area contributed by atoms with Crippen LogP contribution in [0.1, 0.15) is 25.6 Å². The van der Waals surface area contributed by atoms with E-state index in [4.69, 9.17) is 5.73 Å². The highest BCUT2D eigenvalue weighted by Gasteiger charge is 2.25. The van der Waals surface area contributed by atoms with Gasteiger partial charge < -0.3 is 5.73 Å². The van der Waals surface area contributed by atoms with E-state index >= 15 is 0 Å². The molecule has 1 aromatic rings. The Hall–Kier alpha value is -0.870. The van der Waals surface area contributed by atoms with Gasteiger partial charge in [0.2, 0.25) is 0 Å². The zero-order valence-corrected chi connectivity index (χ0v) is 9.56. The molecule has 0 spiro atoms. The molecule has 1 aliphatic rings. The molecule has 1 aliphatic heterocycles. The average Bonchev–Trinajstić information content (AvgIpc) is 2.58. The lowest BCUT2D eigenvalue weighted by molar-refractivity contribution is 0.0942. The highest BCUT2D eigenvalue weighted by Crippen LogP contribution is 2.18. The van der Waals surface area contributed by atoms with Crippen LogP contribution < -0.4 is 5.73 Å². The summed E-state index contributed by atoms with van der Waals surface area (Å²) in [6.07, 6.45) is 1.88. The van der Waals surface area contributed by atoms with Crippen LogP contribution in [0.25, 0.3) is 0 Å². The summed E-state index contributed by atoms with van der Waals surface area (Å²) in [4.78, 5) is 2.42. The predicted molar refractivity (Wildman–Crippen MR) is 60.4 cm³/mol. The minimum absolute atomic E-state index is 0.446. The van der Waals surface area contributed by atoms with Gasteiger partial charge in [0.25, 0.3) is 0 Å². The highest BCUT2D eigenvalue weighted by molar-refractivity contribution is 5.02. The summed E-state index contributed by atoms with van der Waals surface area (Å²) in [5, 5.41) is 4.33. The normalized spacial score (nSPS) is 18.4. The Bertz CT molecular complexity index is 312. The van der Waals surface area contributed by atoms with Crippen molar-refractivity contribution in [3.63, 3.8) is 0 Å². The maximum atomic E-state index is 5.60. The first-order chi connectivity index (χ1) is 7.20. The van der Waals surface area contributed by atoms with E-state index in [1.165, 1.54) is 5.69 Å². The van der Waals surface area contributed by atoms with Gasteiger partial charge in [0, 0.05) is 31.9 Å². The molecular formula is C11H20N4. The Morgan fingerprint density at radius 1 is 1.53 bits per heavy atom. The summed E-state index contributed by atoms with van der Waals surface area (Å²) in [6, 6.07) is 2.55. The second-order valence-electron chi connectivity index (χ2n) is 4.66. The third kappa shape index (κ3) is 2.21. The van der Waals surface area contributed by atoms with Gasteiger partial charge in [-0.05, 0) is 32.4 Å². The molecule has 2 rings (SSSR count). The fraction of sp³-hybridized carbons (Fsp3) is 0.727. The molecule has 84 valence electrons. The molecule has 4 heteroatoms. The number of hydrogen-bond acceptors (Lipinski definition) is 3. The molecule has 0 atom stereocenters. The second-order valence-corrected chi connectivity index (χ2v) is 4.66. The summed E-state index contributed by atoms with van der Waals surface area (Å²) in [6.45, 7) is 8.43. The molecule has 1 saturated heterocycles. The van der Waals surface area contributed by atoms with E-state index in [-0.39, 0.29) is 0 Å². The number of nitrogens with zero attached hydrogens (tertiary/aromatic N) is 3. The lowest BCUT2D eigenvalue weighted by Crippen LogP contribution is -2.49. The fourth-order valence-corrected chi connectivity index (χ4v) is 2.12. The van der Waals surface area contributed by atoms with Crippen LogP contribution in [0.15, 0.2) is 12.3 Å². The average molecular weight is 208 g/mol. The molecule has 15 heavy (non-hydrogen) atoms. The first-order valence-corrected chi connectivity index (χ1v) is 5.65. The molecule has 0 aliphatic carbocycles. The van der Waals surface area contributed by atoms with Crippen LogP contribution in [-0.4, -0.2) is 34.3 Å². The highest BCUT2D eigenvalue weighted by atomic mass is 15.3. The maximum absolute atomic E-state index is 5.60. The topological polar surface area (TPSA) is 47.1 Å². The van der Waals surface area contributed by atoms with Gasteiger partial charge in [0.15, 0.2) is 0 Å². The zero-order chi connectivity index (χ0) is 10.8. The van der Waals surface area contributed by atoms with Crippen molar-refractivity contribution in [1.29, 1.82) is 0 Å². The summed E-state index contributed by atoms with van der Waals surface area (Å²) < 4.78 is 2.09. The van der Waals surface area contributed by atoms with Crippen LogP contribution in [0.5, 0.6) is 0 Å². The van der Waals surface area contributed by atoms with Crippen molar-refractivity contribution >= 4 is 0 Å². The van der Waals surface area contributed by atoms with E-state index in [2.05, 4.69) is 34.6 Å². The minimum atomic E-state index is 0.446. The maximum Gasteiger partial charge on any atom is 0.0527 e. The predicted octanol–water partition coefficient (Wildman–Crippen LogP) is 0.854. The largest absolute Gasteiger partial charge is 0.330 e. The van der Waals surface area contributed by atoms with Gasteiger partial charge in [-0.2, -0.15) is 5.10 Å². The third-order valence-corrected chi connectivity index (χ3v) is 2.99. The Kier molecular flexibility index (Phi) is 3.07. The number of nitrogens with two attached hydrogens (primary N) is 1. The Morgan fingerprint density at radius 3 is 2.87 bits per heavy atom. The van der Waals surface area contributed by atoms with Crippen molar-refractivity contribution in [3.05, 3.63) is 18.0 Å². The van der Waals surface area contributed by atoms with Crippen LogP contribution in [0, 0.1) is 5.92 Å². The standard InChI is InChI=1S/C11H20N4/c1-9(2)15-11(3-4-13-15)8-14-6-10(5-12)7-14/h3-4,9-10H,5-8,12H2,1-2H3. The van der Waals surface area contributed by atoms with Crippen molar-refractivity contribution in [2.75, 3.05) is 19.6 Å². The van der Waals surface area contributed by atoms with Gasteiger partial charge >= 0.3 is 0 Å². The van der Waals surface area contributed by atoms with Gasteiger partial charge in [-0.25, -0.2) is 0 Å². The lowest BCUT2D eigenvalue weighted by Gasteiger charge is -2.38. The van der Waals surface area contributed by atoms with Crippen molar-refractivity contribution in [1.82, 2.24) is 14.7 Å². The third-order valence-electron chi connectivity index (χ3n) is 2.99. The van der Waals surface area contributed by atoms with Crippen molar-refractivity contribution < 1.29 is 0 Å². The fourth-order valence-electron chi connectivity index (χ4n) is 2.12. The molecular weight excluding hydrogens is 188 g/mol. The summed E-state index contributed by atoms with van der Waals surface area (Å²) >= 11 is 0. The molecule has 2 heterocycles. The Labute approximate surface area is 91.1 Å². The molecule has 0 saturated carbocycles. The van der Waals surface area contributed by atoms with Gasteiger partial charge in [-0.1, -0.05) is 0 Å². The second kappa shape index (κ2) is 4.33. The molecule has 0 radical (unpaired) electrons. The van der Waals surface area contributed by atoms with E-state index in [0.29, 0.717) is 12.0 Å². The molecule has 0 bridgehead atoms. The molecule has 0 aromatic carbocycles. The van der Waals surface area contributed by atoms with E-state index in [9.17, 15) is 0 Å². The van der Waals surface area contributed by atoms with Crippen molar-refractivity contribution in [2.24, 2.45) is 11.7 Å². The zero-order valence-electron chi connectivity index (χ0n) is 9.56. The summed E-state index contributed by atoms with van der Waals surface area (Å²) in [5.41, 5.74) is 6.91. The first-order valence-electron chi connectivity index (χ1n) is 5.65. The van der Waals surface area contributed by atoms with Crippen LogP contribution in [0.3, 0.4) is 0 Å². The number of likely N-dealkylation sites (tertiary alicyclic amines) is 1. The van der Waals surface area contributed by atoms with Crippen LogP contribution >= 0.6 is 0 Å². The van der Waals surface area contributed by atoms with E-state index in [1.807, 2.05) is 6.20 Å². The van der Waals surface area contributed by atoms with Crippen molar-refractivity contribution in [2.45, 2.75) is 26.4 Å². The molecule has 0 unspecified atom stereocenters. The molecule has 1 aromatic heterocycles.